The predicted molar refractivity (Wildman–Crippen MR) is 170 cm³/mol. The van der Waals surface area contributed by atoms with E-state index in [0.717, 1.165) is 36.7 Å². The van der Waals surface area contributed by atoms with Gasteiger partial charge in [0.15, 0.2) is 0 Å². The quantitative estimate of drug-likeness (QED) is 0.325. The lowest BCUT2D eigenvalue weighted by Gasteiger charge is -2.62. The van der Waals surface area contributed by atoms with E-state index in [-0.39, 0.29) is 17.6 Å². The van der Waals surface area contributed by atoms with Gasteiger partial charge in [0.1, 0.15) is 6.79 Å². The Morgan fingerprint density at radius 2 is 1.33 bits per heavy atom. The topological polar surface area (TPSA) is 38.7 Å². The Morgan fingerprint density at radius 3 is 1.97 bits per heavy atom. The SMILES string of the molecule is CC.CC.CC.CC.CC1C[C@@]2(C)C(CC[C@@H]3C2CC[C@@]2(C)C3[C@H](O)C3OCOCCCC[C@@H](C)C32)C[C@H]1C. The van der Waals surface area contributed by atoms with Gasteiger partial charge in [-0.3, -0.25) is 0 Å². The number of hydrogen-bond donors (Lipinski definition) is 1. The highest BCUT2D eigenvalue weighted by Crippen LogP contribution is 2.69. The predicted octanol–water partition coefficient (Wildman–Crippen LogP) is 10.4. The maximum atomic E-state index is 11.8. The highest BCUT2D eigenvalue weighted by atomic mass is 16.7. The van der Waals surface area contributed by atoms with Gasteiger partial charge in [0.2, 0.25) is 0 Å². The molecular formula is C36H72O3. The molecule has 0 aromatic heterocycles. The first-order chi connectivity index (χ1) is 18.8. The fourth-order valence-electron chi connectivity index (χ4n) is 10.1. The van der Waals surface area contributed by atoms with Crippen molar-refractivity contribution in [3.8, 4) is 0 Å². The molecule has 4 saturated carbocycles. The van der Waals surface area contributed by atoms with E-state index in [1.807, 2.05) is 55.4 Å². The van der Waals surface area contributed by atoms with Gasteiger partial charge in [-0.15, -0.1) is 0 Å². The molecule has 5 aliphatic rings. The molecular weight excluding hydrogens is 480 g/mol. The van der Waals surface area contributed by atoms with Gasteiger partial charge < -0.3 is 14.6 Å². The van der Waals surface area contributed by atoms with E-state index in [1.54, 1.807) is 0 Å². The van der Waals surface area contributed by atoms with E-state index in [4.69, 9.17) is 9.47 Å². The molecule has 0 aromatic rings. The maximum absolute atomic E-state index is 11.8. The monoisotopic (exact) mass is 553 g/mol. The highest BCUT2D eigenvalue weighted by molar-refractivity contribution is 5.15. The van der Waals surface area contributed by atoms with Crippen LogP contribution in [0, 0.1) is 58.2 Å². The zero-order chi connectivity index (χ0) is 30.0. The minimum Gasteiger partial charge on any atom is -0.390 e. The molecule has 0 radical (unpaired) electrons. The lowest BCUT2D eigenvalue weighted by atomic mass is 9.43. The summed E-state index contributed by atoms with van der Waals surface area (Å²) in [5.74, 6) is 5.55. The van der Waals surface area contributed by atoms with Gasteiger partial charge in [0.05, 0.1) is 12.2 Å². The third kappa shape index (κ3) is 7.27. The van der Waals surface area contributed by atoms with Crippen LogP contribution in [0.4, 0.5) is 0 Å². The Bertz CT molecular complexity index is 651. The van der Waals surface area contributed by atoms with Gasteiger partial charge in [-0.2, -0.15) is 0 Å². The van der Waals surface area contributed by atoms with Crippen molar-refractivity contribution in [3.05, 3.63) is 0 Å². The lowest BCUT2D eigenvalue weighted by molar-refractivity contribution is -0.149. The van der Waals surface area contributed by atoms with E-state index in [9.17, 15) is 5.11 Å². The molecule has 6 unspecified atom stereocenters. The van der Waals surface area contributed by atoms with E-state index < -0.39 is 0 Å². The summed E-state index contributed by atoms with van der Waals surface area (Å²) in [6, 6.07) is 0. The molecule has 1 saturated heterocycles. The first kappa shape index (κ1) is 36.9. The summed E-state index contributed by atoms with van der Waals surface area (Å²) in [5.41, 5.74) is 0.683. The van der Waals surface area contributed by atoms with Crippen LogP contribution in [0.1, 0.15) is 148 Å². The van der Waals surface area contributed by atoms with Crippen LogP contribution in [-0.2, 0) is 9.47 Å². The van der Waals surface area contributed by atoms with Crippen molar-refractivity contribution in [2.75, 3.05) is 13.4 Å². The number of rotatable bonds is 0. The van der Waals surface area contributed by atoms with Crippen molar-refractivity contribution in [2.45, 2.75) is 160 Å². The van der Waals surface area contributed by atoms with Gasteiger partial charge in [-0.05, 0) is 103 Å². The van der Waals surface area contributed by atoms with Crippen molar-refractivity contribution in [3.63, 3.8) is 0 Å². The molecule has 5 fully saturated rings. The standard InChI is InChI=1S/C28H48O3.4C2H6/c1-17-8-6-7-13-30-16-31-26-23(17)27(4)12-11-22-21(24(27)25(26)29)10-9-20-14-18(2)19(3)15-28(20,22)5;4*1-2/h17-26,29H,6-16H2,1-5H3;4*1-2H3/t17-,18-,19?,20?,21-,22?,23?,24?,25+,26?,27-,28+;;;;/m1..../s1. The molecule has 3 nitrogen and oxygen atoms in total. The Labute approximate surface area is 246 Å². The van der Waals surface area contributed by atoms with Crippen LogP contribution >= 0.6 is 0 Å². The smallest absolute Gasteiger partial charge is 0.147 e. The van der Waals surface area contributed by atoms with Crippen molar-refractivity contribution in [1.82, 2.24) is 0 Å². The van der Waals surface area contributed by atoms with Crippen molar-refractivity contribution in [1.29, 1.82) is 0 Å². The van der Waals surface area contributed by atoms with Crippen LogP contribution in [0.2, 0.25) is 0 Å². The Kier molecular flexibility index (Phi) is 16.2. The Balaban J connectivity index is 0.000000874. The summed E-state index contributed by atoms with van der Waals surface area (Å²) < 4.78 is 12.1. The van der Waals surface area contributed by atoms with Gasteiger partial charge in [0, 0.05) is 6.61 Å². The van der Waals surface area contributed by atoms with E-state index in [0.29, 0.717) is 35.9 Å². The van der Waals surface area contributed by atoms with Gasteiger partial charge in [0.25, 0.3) is 0 Å². The van der Waals surface area contributed by atoms with Crippen LogP contribution in [0.25, 0.3) is 0 Å². The van der Waals surface area contributed by atoms with Gasteiger partial charge in [-0.25, -0.2) is 0 Å². The number of fused-ring (bicyclic) bond motifs is 7. The summed E-state index contributed by atoms with van der Waals surface area (Å²) >= 11 is 0. The van der Waals surface area contributed by atoms with Gasteiger partial charge in [-0.1, -0.05) is 103 Å². The average Bonchev–Trinajstić information content (AvgIpc) is 3.19. The van der Waals surface area contributed by atoms with Gasteiger partial charge >= 0.3 is 0 Å². The molecule has 234 valence electrons. The third-order valence-corrected chi connectivity index (χ3v) is 11.7. The number of ether oxygens (including phenoxy) is 2. The molecule has 4 aliphatic carbocycles. The average molecular weight is 553 g/mol. The zero-order valence-corrected chi connectivity index (χ0v) is 28.8. The van der Waals surface area contributed by atoms with Crippen LogP contribution < -0.4 is 0 Å². The second-order valence-electron chi connectivity index (χ2n) is 13.2. The maximum Gasteiger partial charge on any atom is 0.147 e. The largest absolute Gasteiger partial charge is 0.390 e. The van der Waals surface area contributed by atoms with Crippen molar-refractivity contribution in [2.24, 2.45) is 58.2 Å². The molecule has 0 aromatic carbocycles. The van der Waals surface area contributed by atoms with Crippen molar-refractivity contribution >= 4 is 0 Å². The van der Waals surface area contributed by atoms with Crippen LogP contribution in [0.5, 0.6) is 0 Å². The zero-order valence-electron chi connectivity index (χ0n) is 28.8. The van der Waals surface area contributed by atoms with E-state index in [1.165, 1.54) is 51.4 Å². The summed E-state index contributed by atoms with van der Waals surface area (Å²) in [6.07, 6.45) is 11.4. The molecule has 1 heterocycles. The fraction of sp³-hybridized carbons (Fsp3) is 1.00. The van der Waals surface area contributed by atoms with Crippen LogP contribution in [0.3, 0.4) is 0 Å². The molecule has 1 aliphatic heterocycles. The molecule has 12 atom stereocenters. The second-order valence-corrected chi connectivity index (χ2v) is 13.2. The summed E-state index contributed by atoms with van der Waals surface area (Å²) in [4.78, 5) is 0. The normalized spacial score (nSPS) is 46.6. The number of aliphatic hydroxyl groups is 1. The van der Waals surface area contributed by atoms with E-state index >= 15 is 0 Å². The highest BCUT2D eigenvalue weighted by Gasteiger charge is 2.66. The third-order valence-electron chi connectivity index (χ3n) is 11.7. The first-order valence-electron chi connectivity index (χ1n) is 17.6. The Morgan fingerprint density at radius 1 is 0.692 bits per heavy atom. The van der Waals surface area contributed by atoms with Crippen LogP contribution in [-0.4, -0.2) is 30.7 Å². The number of hydrogen-bond acceptors (Lipinski definition) is 3. The van der Waals surface area contributed by atoms with Crippen molar-refractivity contribution < 1.29 is 14.6 Å². The lowest BCUT2D eigenvalue weighted by Crippen LogP contribution is -2.56. The minimum absolute atomic E-state index is 0.0438. The molecule has 0 spiro atoms. The second kappa shape index (κ2) is 17.1. The first-order valence-corrected chi connectivity index (χ1v) is 17.6. The van der Waals surface area contributed by atoms with Crippen LogP contribution in [0.15, 0.2) is 0 Å². The molecule has 0 amide bonds. The molecule has 39 heavy (non-hydrogen) atoms. The summed E-state index contributed by atoms with van der Waals surface area (Å²) in [5, 5.41) is 11.8. The van der Waals surface area contributed by atoms with E-state index in [2.05, 4.69) is 34.6 Å². The fourth-order valence-corrected chi connectivity index (χ4v) is 10.1. The minimum atomic E-state index is -0.326. The summed E-state index contributed by atoms with van der Waals surface area (Å²) in [6.45, 7) is 29.8. The molecule has 0 bridgehead atoms. The summed E-state index contributed by atoms with van der Waals surface area (Å²) in [7, 11) is 0. The molecule has 3 heteroatoms. The molecule has 1 N–H and O–H groups in total. The molecule has 5 rings (SSSR count). The Hall–Kier alpha value is -0.120. The number of aliphatic hydroxyl groups excluding tert-OH is 1.